The Morgan fingerprint density at radius 3 is 3.00 bits per heavy atom. The van der Waals surface area contributed by atoms with E-state index < -0.39 is 0 Å². The number of anilines is 1. The molecule has 15 heavy (non-hydrogen) atoms. The van der Waals surface area contributed by atoms with Crippen molar-refractivity contribution in [3.8, 4) is 0 Å². The first-order valence-corrected chi connectivity index (χ1v) is 5.64. The molecule has 1 aliphatic rings. The lowest BCUT2D eigenvalue weighted by atomic mass is 10.2. The number of methoxy groups -OCH3 is 1. The highest BCUT2D eigenvalue weighted by Crippen LogP contribution is 2.38. The fraction of sp³-hybridized carbons (Fsp3) is 0.300. The van der Waals surface area contributed by atoms with Crippen molar-refractivity contribution in [1.82, 2.24) is 0 Å². The predicted octanol–water partition coefficient (Wildman–Crippen LogP) is 3.23. The van der Waals surface area contributed by atoms with E-state index in [-0.39, 0.29) is 6.09 Å². The van der Waals surface area contributed by atoms with E-state index in [2.05, 4.69) is 15.9 Å². The maximum absolute atomic E-state index is 11.5. The molecule has 0 saturated carbocycles. The Bertz CT molecular complexity index is 422. The van der Waals surface area contributed by atoms with Crippen LogP contribution < -0.4 is 4.90 Å². The summed E-state index contributed by atoms with van der Waals surface area (Å²) in [5.74, 6) is 0. The van der Waals surface area contributed by atoms with Crippen molar-refractivity contribution in [3.05, 3.63) is 27.2 Å². The standard InChI is InChI=1S/C10H9BrClNO2/c1-15-10(14)13-3-2-6-4-7(12)5-8(11)9(6)13/h4-5H,2-3H2,1H3. The summed E-state index contributed by atoms with van der Waals surface area (Å²) in [7, 11) is 1.38. The second kappa shape index (κ2) is 4.02. The number of hydrogen-bond acceptors (Lipinski definition) is 2. The van der Waals surface area contributed by atoms with Crippen LogP contribution in [0, 0.1) is 0 Å². The first-order valence-electron chi connectivity index (χ1n) is 4.47. The molecule has 0 aromatic heterocycles. The zero-order valence-corrected chi connectivity index (χ0v) is 10.4. The van der Waals surface area contributed by atoms with E-state index in [1.807, 2.05) is 6.07 Å². The highest BCUT2D eigenvalue weighted by Gasteiger charge is 2.27. The highest BCUT2D eigenvalue weighted by molar-refractivity contribution is 9.10. The molecule has 0 radical (unpaired) electrons. The molecule has 0 atom stereocenters. The summed E-state index contributed by atoms with van der Waals surface area (Å²) >= 11 is 9.33. The van der Waals surface area contributed by atoms with E-state index in [1.165, 1.54) is 7.11 Å². The second-order valence-corrected chi connectivity index (χ2v) is 4.56. The van der Waals surface area contributed by atoms with Crippen molar-refractivity contribution in [2.75, 3.05) is 18.6 Å². The summed E-state index contributed by atoms with van der Waals surface area (Å²) < 4.78 is 5.54. The maximum atomic E-state index is 11.5. The fourth-order valence-corrected chi connectivity index (χ4v) is 2.84. The van der Waals surface area contributed by atoms with Gasteiger partial charge in [-0.15, -0.1) is 0 Å². The second-order valence-electron chi connectivity index (χ2n) is 3.27. The van der Waals surface area contributed by atoms with Gasteiger partial charge in [-0.2, -0.15) is 0 Å². The number of amides is 1. The third-order valence-electron chi connectivity index (χ3n) is 2.38. The number of rotatable bonds is 0. The molecule has 0 spiro atoms. The van der Waals surface area contributed by atoms with Crippen LogP contribution in [0.3, 0.4) is 0 Å². The lowest BCUT2D eigenvalue weighted by Gasteiger charge is -2.16. The Hall–Kier alpha value is -0.740. The molecule has 80 valence electrons. The number of fused-ring (bicyclic) bond motifs is 1. The van der Waals surface area contributed by atoms with E-state index in [1.54, 1.807) is 11.0 Å². The Morgan fingerprint density at radius 1 is 1.60 bits per heavy atom. The van der Waals surface area contributed by atoms with Gasteiger partial charge < -0.3 is 4.74 Å². The van der Waals surface area contributed by atoms with Crippen molar-refractivity contribution < 1.29 is 9.53 Å². The van der Waals surface area contributed by atoms with Gasteiger partial charge in [0.15, 0.2) is 0 Å². The van der Waals surface area contributed by atoms with Crippen LogP contribution in [0.4, 0.5) is 10.5 Å². The maximum Gasteiger partial charge on any atom is 0.414 e. The van der Waals surface area contributed by atoms with Gasteiger partial charge in [-0.05, 0) is 40.0 Å². The fourth-order valence-electron chi connectivity index (χ4n) is 1.75. The first-order chi connectivity index (χ1) is 7.13. The van der Waals surface area contributed by atoms with Crippen molar-refractivity contribution in [2.24, 2.45) is 0 Å². The van der Waals surface area contributed by atoms with Gasteiger partial charge in [0.05, 0.1) is 12.8 Å². The molecule has 1 heterocycles. The van der Waals surface area contributed by atoms with Crippen LogP contribution in [0.15, 0.2) is 16.6 Å². The molecule has 0 N–H and O–H groups in total. The molecule has 0 aliphatic carbocycles. The molecule has 0 fully saturated rings. The van der Waals surface area contributed by atoms with Gasteiger partial charge in [0.2, 0.25) is 0 Å². The summed E-state index contributed by atoms with van der Waals surface area (Å²) in [6, 6.07) is 3.66. The summed E-state index contributed by atoms with van der Waals surface area (Å²) in [4.78, 5) is 13.1. The van der Waals surface area contributed by atoms with E-state index in [0.717, 1.165) is 22.1 Å². The van der Waals surface area contributed by atoms with Crippen LogP contribution in [0.2, 0.25) is 5.02 Å². The van der Waals surface area contributed by atoms with Gasteiger partial charge in [0.25, 0.3) is 0 Å². The van der Waals surface area contributed by atoms with Crippen molar-refractivity contribution in [1.29, 1.82) is 0 Å². The minimum atomic E-state index is -0.336. The van der Waals surface area contributed by atoms with E-state index in [9.17, 15) is 4.79 Å². The number of hydrogen-bond donors (Lipinski definition) is 0. The number of halogens is 2. The summed E-state index contributed by atoms with van der Waals surface area (Å²) in [6.45, 7) is 0.640. The number of nitrogens with zero attached hydrogens (tertiary/aromatic N) is 1. The molecule has 2 rings (SSSR count). The molecule has 3 nitrogen and oxygen atoms in total. The van der Waals surface area contributed by atoms with Gasteiger partial charge >= 0.3 is 6.09 Å². The number of carbonyl (C=O) groups is 1. The molecule has 0 saturated heterocycles. The molecule has 1 aromatic rings. The topological polar surface area (TPSA) is 29.5 Å². The highest BCUT2D eigenvalue weighted by atomic mass is 79.9. The zero-order chi connectivity index (χ0) is 11.0. The van der Waals surface area contributed by atoms with Gasteiger partial charge in [-0.3, -0.25) is 4.90 Å². The van der Waals surface area contributed by atoms with Crippen LogP contribution in [0.1, 0.15) is 5.56 Å². The molecule has 1 aliphatic heterocycles. The Morgan fingerprint density at radius 2 is 2.33 bits per heavy atom. The Labute approximate surface area is 101 Å². The number of ether oxygens (including phenoxy) is 1. The van der Waals surface area contributed by atoms with E-state index in [4.69, 9.17) is 16.3 Å². The molecular weight excluding hydrogens is 281 g/mol. The molecular formula is C10H9BrClNO2. The lowest BCUT2D eigenvalue weighted by Crippen LogP contribution is -2.28. The lowest BCUT2D eigenvalue weighted by molar-refractivity contribution is 0.179. The van der Waals surface area contributed by atoms with E-state index in [0.29, 0.717) is 11.6 Å². The SMILES string of the molecule is COC(=O)N1CCc2cc(Cl)cc(Br)c21. The molecule has 1 aromatic carbocycles. The third kappa shape index (κ3) is 1.84. The number of carbonyl (C=O) groups excluding carboxylic acids is 1. The molecule has 1 amide bonds. The molecule has 0 unspecified atom stereocenters. The Kier molecular flexibility index (Phi) is 2.89. The van der Waals surface area contributed by atoms with Gasteiger partial charge in [0.1, 0.15) is 0 Å². The van der Waals surface area contributed by atoms with Crippen LogP contribution in [-0.2, 0) is 11.2 Å². The van der Waals surface area contributed by atoms with Gasteiger partial charge in [-0.25, -0.2) is 4.79 Å². The largest absolute Gasteiger partial charge is 0.452 e. The first kappa shape index (κ1) is 10.8. The van der Waals surface area contributed by atoms with Crippen LogP contribution in [0.25, 0.3) is 0 Å². The van der Waals surface area contributed by atoms with Crippen LogP contribution in [0.5, 0.6) is 0 Å². The van der Waals surface area contributed by atoms with Crippen molar-refractivity contribution >= 4 is 39.3 Å². The number of benzene rings is 1. The quantitative estimate of drug-likeness (QED) is 0.734. The zero-order valence-electron chi connectivity index (χ0n) is 8.09. The normalized spacial score (nSPS) is 13.9. The predicted molar refractivity (Wildman–Crippen MR) is 62.6 cm³/mol. The minimum Gasteiger partial charge on any atom is -0.452 e. The smallest absolute Gasteiger partial charge is 0.414 e. The summed E-state index contributed by atoms with van der Waals surface area (Å²) in [5, 5.41) is 0.673. The average Bonchev–Trinajstić information content (AvgIpc) is 2.60. The monoisotopic (exact) mass is 289 g/mol. The van der Waals surface area contributed by atoms with Crippen molar-refractivity contribution in [3.63, 3.8) is 0 Å². The summed E-state index contributed by atoms with van der Waals surface area (Å²) in [6.07, 6.45) is 0.473. The molecule has 0 bridgehead atoms. The minimum absolute atomic E-state index is 0.336. The molecule has 5 heteroatoms. The van der Waals surface area contributed by atoms with Gasteiger partial charge in [-0.1, -0.05) is 11.6 Å². The average molecular weight is 291 g/mol. The van der Waals surface area contributed by atoms with Crippen LogP contribution >= 0.6 is 27.5 Å². The summed E-state index contributed by atoms with van der Waals surface area (Å²) in [5.41, 5.74) is 1.94. The third-order valence-corrected chi connectivity index (χ3v) is 3.20. The Balaban J connectivity index is 2.46. The van der Waals surface area contributed by atoms with E-state index >= 15 is 0 Å². The van der Waals surface area contributed by atoms with Crippen LogP contribution in [-0.4, -0.2) is 19.7 Å². The van der Waals surface area contributed by atoms with Crippen molar-refractivity contribution in [2.45, 2.75) is 6.42 Å². The van der Waals surface area contributed by atoms with Gasteiger partial charge in [0, 0.05) is 16.0 Å².